The molecule has 2 heterocycles. The highest BCUT2D eigenvalue weighted by molar-refractivity contribution is 5.25. The molecule has 19 heavy (non-hydrogen) atoms. The Labute approximate surface area is 113 Å². The van der Waals surface area contributed by atoms with Gasteiger partial charge in [0, 0.05) is 30.5 Å². The lowest BCUT2D eigenvalue weighted by molar-refractivity contribution is 0.229. The highest BCUT2D eigenvalue weighted by atomic mass is 16.5. The number of aryl methyl sites for hydroxylation is 1. The molecule has 5 nitrogen and oxygen atoms in total. The SMILES string of the molecule is Cc1[nH]cnc1CNCc1cccnc1OC(C)C. The smallest absolute Gasteiger partial charge is 0.218 e. The number of H-pyrrole nitrogens is 1. The zero-order chi connectivity index (χ0) is 13.7. The third-order valence-electron chi connectivity index (χ3n) is 2.74. The van der Waals surface area contributed by atoms with Crippen LogP contribution in [0.4, 0.5) is 0 Å². The summed E-state index contributed by atoms with van der Waals surface area (Å²) in [5, 5.41) is 3.36. The Morgan fingerprint density at radius 2 is 2.16 bits per heavy atom. The van der Waals surface area contributed by atoms with Crippen molar-refractivity contribution in [3.63, 3.8) is 0 Å². The normalized spacial score (nSPS) is 10.9. The van der Waals surface area contributed by atoms with Gasteiger partial charge < -0.3 is 15.0 Å². The molecular formula is C14H20N4O. The van der Waals surface area contributed by atoms with Gasteiger partial charge in [0.25, 0.3) is 0 Å². The molecule has 0 unspecified atom stereocenters. The number of rotatable bonds is 6. The van der Waals surface area contributed by atoms with Crippen LogP contribution in [0.2, 0.25) is 0 Å². The molecular weight excluding hydrogens is 240 g/mol. The van der Waals surface area contributed by atoms with E-state index in [1.165, 1.54) is 0 Å². The standard InChI is InChI=1S/C14H20N4O/c1-10(2)19-14-12(5-4-6-16-14)7-15-8-13-11(3)17-9-18-13/h4-6,9-10,15H,7-8H2,1-3H3,(H,17,18). The number of ether oxygens (including phenoxy) is 1. The number of nitrogens with one attached hydrogen (secondary N) is 2. The van der Waals surface area contributed by atoms with Gasteiger partial charge in [-0.2, -0.15) is 0 Å². The predicted octanol–water partition coefficient (Wildman–Crippen LogP) is 2.19. The average molecular weight is 260 g/mol. The van der Waals surface area contributed by atoms with Crippen molar-refractivity contribution in [2.75, 3.05) is 0 Å². The number of hydrogen-bond donors (Lipinski definition) is 2. The Morgan fingerprint density at radius 1 is 1.32 bits per heavy atom. The number of hydrogen-bond acceptors (Lipinski definition) is 4. The Balaban J connectivity index is 1.94. The van der Waals surface area contributed by atoms with Gasteiger partial charge in [-0.1, -0.05) is 6.07 Å². The van der Waals surface area contributed by atoms with Crippen molar-refractivity contribution in [2.45, 2.75) is 40.0 Å². The minimum absolute atomic E-state index is 0.127. The topological polar surface area (TPSA) is 62.8 Å². The van der Waals surface area contributed by atoms with Crippen LogP contribution in [0, 0.1) is 6.92 Å². The molecule has 0 amide bonds. The van der Waals surface area contributed by atoms with Crippen molar-refractivity contribution in [2.24, 2.45) is 0 Å². The lowest BCUT2D eigenvalue weighted by atomic mass is 10.2. The van der Waals surface area contributed by atoms with E-state index >= 15 is 0 Å². The fraction of sp³-hybridized carbons (Fsp3) is 0.429. The molecule has 0 spiro atoms. The molecule has 2 N–H and O–H groups in total. The number of aromatic amines is 1. The molecule has 2 rings (SSSR count). The summed E-state index contributed by atoms with van der Waals surface area (Å²) in [6.45, 7) is 7.45. The van der Waals surface area contributed by atoms with Gasteiger partial charge >= 0.3 is 0 Å². The van der Waals surface area contributed by atoms with Crippen LogP contribution in [0.3, 0.4) is 0 Å². The van der Waals surface area contributed by atoms with E-state index in [-0.39, 0.29) is 6.10 Å². The Kier molecular flexibility index (Phi) is 4.52. The van der Waals surface area contributed by atoms with Crippen molar-refractivity contribution in [1.29, 1.82) is 0 Å². The Morgan fingerprint density at radius 3 is 2.84 bits per heavy atom. The van der Waals surface area contributed by atoms with Crippen molar-refractivity contribution in [1.82, 2.24) is 20.3 Å². The summed E-state index contributed by atoms with van der Waals surface area (Å²) >= 11 is 0. The maximum absolute atomic E-state index is 5.68. The first-order chi connectivity index (χ1) is 9.16. The lowest BCUT2D eigenvalue weighted by Gasteiger charge is -2.13. The summed E-state index contributed by atoms with van der Waals surface area (Å²) in [6.07, 6.45) is 3.59. The molecule has 0 atom stereocenters. The van der Waals surface area contributed by atoms with Crippen molar-refractivity contribution < 1.29 is 4.74 Å². The zero-order valence-electron chi connectivity index (χ0n) is 11.6. The highest BCUT2D eigenvalue weighted by Gasteiger charge is 2.07. The molecule has 0 aliphatic carbocycles. The fourth-order valence-electron chi connectivity index (χ4n) is 1.77. The second kappa shape index (κ2) is 6.33. The number of nitrogens with zero attached hydrogens (tertiary/aromatic N) is 2. The van der Waals surface area contributed by atoms with Crippen LogP contribution in [0.15, 0.2) is 24.7 Å². The van der Waals surface area contributed by atoms with Crippen molar-refractivity contribution in [3.8, 4) is 5.88 Å². The first kappa shape index (κ1) is 13.5. The molecule has 2 aromatic rings. The Bertz CT molecular complexity index is 522. The van der Waals surface area contributed by atoms with Gasteiger partial charge in [0.15, 0.2) is 0 Å². The van der Waals surface area contributed by atoms with E-state index in [1.807, 2.05) is 32.9 Å². The van der Waals surface area contributed by atoms with Crippen LogP contribution in [0.25, 0.3) is 0 Å². The van der Waals surface area contributed by atoms with E-state index in [0.717, 1.165) is 23.5 Å². The summed E-state index contributed by atoms with van der Waals surface area (Å²) in [4.78, 5) is 11.6. The van der Waals surface area contributed by atoms with Gasteiger partial charge in [0.05, 0.1) is 18.1 Å². The summed E-state index contributed by atoms with van der Waals surface area (Å²) in [7, 11) is 0. The molecule has 0 saturated heterocycles. The third kappa shape index (κ3) is 3.79. The minimum atomic E-state index is 0.127. The third-order valence-corrected chi connectivity index (χ3v) is 2.74. The first-order valence-electron chi connectivity index (χ1n) is 6.47. The van der Waals surface area contributed by atoms with Crippen LogP contribution in [-0.4, -0.2) is 21.1 Å². The second-order valence-corrected chi connectivity index (χ2v) is 4.71. The summed E-state index contributed by atoms with van der Waals surface area (Å²) in [5.41, 5.74) is 3.19. The van der Waals surface area contributed by atoms with Gasteiger partial charge in [0.1, 0.15) is 0 Å². The first-order valence-corrected chi connectivity index (χ1v) is 6.47. The lowest BCUT2D eigenvalue weighted by Crippen LogP contribution is -2.16. The van der Waals surface area contributed by atoms with Crippen molar-refractivity contribution >= 4 is 0 Å². The monoisotopic (exact) mass is 260 g/mol. The Hall–Kier alpha value is -1.88. The molecule has 2 aromatic heterocycles. The molecule has 0 bridgehead atoms. The number of aromatic nitrogens is 3. The number of pyridine rings is 1. The quantitative estimate of drug-likeness (QED) is 0.835. The van der Waals surface area contributed by atoms with Gasteiger partial charge in [-0.15, -0.1) is 0 Å². The second-order valence-electron chi connectivity index (χ2n) is 4.71. The van der Waals surface area contributed by atoms with Gasteiger partial charge in [-0.25, -0.2) is 9.97 Å². The minimum Gasteiger partial charge on any atom is -0.475 e. The predicted molar refractivity (Wildman–Crippen MR) is 73.9 cm³/mol. The largest absolute Gasteiger partial charge is 0.475 e. The average Bonchev–Trinajstić information content (AvgIpc) is 2.77. The van der Waals surface area contributed by atoms with E-state index < -0.39 is 0 Å². The summed E-state index contributed by atoms with van der Waals surface area (Å²) in [6, 6.07) is 3.94. The number of imidazole rings is 1. The molecule has 0 aliphatic rings. The van der Waals surface area contributed by atoms with Crippen molar-refractivity contribution in [3.05, 3.63) is 41.6 Å². The fourth-order valence-corrected chi connectivity index (χ4v) is 1.77. The van der Waals surface area contributed by atoms with E-state index in [2.05, 4.69) is 20.3 Å². The molecule has 5 heteroatoms. The van der Waals surface area contributed by atoms with E-state index in [9.17, 15) is 0 Å². The van der Waals surface area contributed by atoms with Crippen LogP contribution in [0.5, 0.6) is 5.88 Å². The zero-order valence-corrected chi connectivity index (χ0v) is 11.6. The molecule has 0 saturated carbocycles. The van der Waals surface area contributed by atoms with E-state index in [4.69, 9.17) is 4.74 Å². The van der Waals surface area contributed by atoms with Crippen LogP contribution >= 0.6 is 0 Å². The molecule has 0 aliphatic heterocycles. The molecule has 0 radical (unpaired) electrons. The summed E-state index contributed by atoms with van der Waals surface area (Å²) < 4.78 is 5.68. The van der Waals surface area contributed by atoms with Gasteiger partial charge in [-0.05, 0) is 26.8 Å². The molecule has 102 valence electrons. The van der Waals surface area contributed by atoms with Gasteiger partial charge in [-0.3, -0.25) is 0 Å². The molecule has 0 aromatic carbocycles. The maximum Gasteiger partial charge on any atom is 0.218 e. The van der Waals surface area contributed by atoms with Crippen LogP contribution < -0.4 is 10.1 Å². The summed E-state index contributed by atoms with van der Waals surface area (Å²) in [5.74, 6) is 0.698. The van der Waals surface area contributed by atoms with E-state index in [1.54, 1.807) is 12.5 Å². The van der Waals surface area contributed by atoms with Crippen LogP contribution in [0.1, 0.15) is 30.8 Å². The van der Waals surface area contributed by atoms with E-state index in [0.29, 0.717) is 12.4 Å². The maximum atomic E-state index is 5.68. The highest BCUT2D eigenvalue weighted by Crippen LogP contribution is 2.15. The van der Waals surface area contributed by atoms with Gasteiger partial charge in [0.2, 0.25) is 5.88 Å². The molecule has 0 fully saturated rings. The van der Waals surface area contributed by atoms with Crippen LogP contribution in [-0.2, 0) is 13.1 Å².